The van der Waals surface area contributed by atoms with Crippen LogP contribution in [0.25, 0.3) is 11.3 Å². The van der Waals surface area contributed by atoms with E-state index in [2.05, 4.69) is 27.1 Å². The Morgan fingerprint density at radius 2 is 1.92 bits per heavy atom. The number of fused-ring (bicyclic) bond motifs is 1. The molecule has 0 aliphatic carbocycles. The average Bonchev–Trinajstić information content (AvgIpc) is 3.55. The number of nitrogens with one attached hydrogen (secondary N) is 1. The Morgan fingerprint density at radius 1 is 1.08 bits per heavy atom. The van der Waals surface area contributed by atoms with Crippen LogP contribution in [0, 0.1) is 30.1 Å². The molecule has 5 aromatic rings. The lowest BCUT2D eigenvalue weighted by atomic mass is 9.98. The molecule has 5 rings (SSSR count). The van der Waals surface area contributed by atoms with E-state index in [1.165, 1.54) is 20.2 Å². The Balaban J connectivity index is 1.45. The molecule has 0 unspecified atom stereocenters. The number of nitriles is 1. The van der Waals surface area contributed by atoms with Gasteiger partial charge >= 0.3 is 0 Å². The van der Waals surface area contributed by atoms with Crippen molar-refractivity contribution in [2.24, 2.45) is 0 Å². The molecule has 3 heterocycles. The van der Waals surface area contributed by atoms with Crippen LogP contribution in [0.3, 0.4) is 0 Å². The van der Waals surface area contributed by atoms with Crippen molar-refractivity contribution in [1.29, 1.82) is 5.26 Å². The lowest BCUT2D eigenvalue weighted by Gasteiger charge is -2.18. The lowest BCUT2D eigenvalue weighted by Crippen LogP contribution is -2.15. The van der Waals surface area contributed by atoms with Crippen LogP contribution < -0.4 is 5.32 Å². The molecule has 186 valence electrons. The zero-order valence-electron chi connectivity index (χ0n) is 21.0. The third-order valence-electron chi connectivity index (χ3n) is 6.10. The molecule has 2 aromatic carbocycles. The molecule has 7 nitrogen and oxygen atoms in total. The number of halogens is 1. The number of nitrogens with zero attached hydrogens (tertiary/aromatic N) is 5. The van der Waals surface area contributed by atoms with Gasteiger partial charge in [-0.05, 0) is 80.3 Å². The highest BCUT2D eigenvalue weighted by atomic mass is 19.1. The fourth-order valence-electron chi connectivity index (χ4n) is 3.95. The number of pyridine rings is 1. The highest BCUT2D eigenvalue weighted by Crippen LogP contribution is 2.30. The maximum absolute atomic E-state index is 14.9. The summed E-state index contributed by atoms with van der Waals surface area (Å²) in [5.41, 5.74) is 3.55. The van der Waals surface area contributed by atoms with Gasteiger partial charge < -0.3 is 9.88 Å². The number of aryl methyl sites for hydroxylation is 1. The van der Waals surface area contributed by atoms with E-state index in [-0.39, 0.29) is 11.6 Å². The van der Waals surface area contributed by atoms with E-state index in [0.29, 0.717) is 28.1 Å². The van der Waals surface area contributed by atoms with Crippen LogP contribution in [0.4, 0.5) is 10.1 Å². The zero-order chi connectivity index (χ0) is 26.9. The molecule has 0 saturated heterocycles. The van der Waals surface area contributed by atoms with Crippen molar-refractivity contribution in [3.8, 4) is 23.6 Å². The van der Waals surface area contributed by atoms with Gasteiger partial charge in [0.25, 0.3) is 5.91 Å². The lowest BCUT2D eigenvalue weighted by molar-refractivity contribution is 0.102. The largest absolute Gasteiger partial charge is 0.322 e. The maximum atomic E-state index is 14.9. The summed E-state index contributed by atoms with van der Waals surface area (Å²) in [4.78, 5) is 21.6. The number of benzene rings is 2. The van der Waals surface area contributed by atoms with Crippen molar-refractivity contribution >= 4 is 17.2 Å². The van der Waals surface area contributed by atoms with Gasteiger partial charge in [-0.25, -0.2) is 14.4 Å². The van der Waals surface area contributed by atoms with E-state index in [1.807, 2.05) is 47.9 Å². The minimum Gasteiger partial charge on any atom is -0.322 e. The molecule has 0 fully saturated rings. The van der Waals surface area contributed by atoms with Crippen molar-refractivity contribution in [2.45, 2.75) is 26.4 Å². The van der Waals surface area contributed by atoms with E-state index in [1.54, 1.807) is 47.3 Å². The summed E-state index contributed by atoms with van der Waals surface area (Å²) in [6.07, 6.45) is 6.63. The van der Waals surface area contributed by atoms with E-state index in [0.717, 1.165) is 16.9 Å². The van der Waals surface area contributed by atoms with Crippen LogP contribution >= 0.6 is 0 Å². The van der Waals surface area contributed by atoms with Crippen molar-refractivity contribution in [3.05, 3.63) is 113 Å². The SMILES string of the molecule is Cc1ccc(C(=O)Nc2cc(-n3cnc(C#N)c3)cc(C(C)(C)F)c2)cc1C#Cc1cnc2ccccn12. The third kappa shape index (κ3) is 5.02. The number of carbonyl (C=O) groups is 1. The Hall–Kier alpha value is -5.21. The first-order valence-electron chi connectivity index (χ1n) is 11.9. The first-order valence-corrected chi connectivity index (χ1v) is 11.9. The maximum Gasteiger partial charge on any atom is 0.255 e. The van der Waals surface area contributed by atoms with Gasteiger partial charge in [0.1, 0.15) is 29.4 Å². The van der Waals surface area contributed by atoms with Crippen LogP contribution in [-0.4, -0.2) is 24.8 Å². The zero-order valence-corrected chi connectivity index (χ0v) is 21.0. The molecule has 1 amide bonds. The van der Waals surface area contributed by atoms with Gasteiger partial charge in [-0.2, -0.15) is 5.26 Å². The fraction of sp³-hybridized carbons (Fsp3) is 0.133. The van der Waals surface area contributed by atoms with Gasteiger partial charge in [0, 0.05) is 34.9 Å². The summed E-state index contributed by atoms with van der Waals surface area (Å²) in [6, 6.07) is 18.0. The summed E-state index contributed by atoms with van der Waals surface area (Å²) in [7, 11) is 0. The summed E-state index contributed by atoms with van der Waals surface area (Å²) in [5, 5.41) is 12.0. The molecule has 0 saturated carbocycles. The van der Waals surface area contributed by atoms with Crippen LogP contribution in [0.15, 0.2) is 79.5 Å². The minimum atomic E-state index is -1.65. The Morgan fingerprint density at radius 3 is 2.68 bits per heavy atom. The number of alkyl halides is 1. The van der Waals surface area contributed by atoms with Gasteiger partial charge in [0.15, 0.2) is 5.69 Å². The molecule has 0 aliphatic heterocycles. The van der Waals surface area contributed by atoms with E-state index >= 15 is 0 Å². The molecule has 8 heteroatoms. The number of carbonyl (C=O) groups excluding carboxylic acids is 1. The highest BCUT2D eigenvalue weighted by Gasteiger charge is 2.21. The van der Waals surface area contributed by atoms with Gasteiger partial charge in [0.2, 0.25) is 0 Å². The van der Waals surface area contributed by atoms with Crippen molar-refractivity contribution < 1.29 is 9.18 Å². The standard InChI is InChI=1S/C30H23FN6O/c1-20-7-8-22(12-21(20)9-10-26-17-33-28-6-4-5-11-37(26)28)29(38)35-24-13-23(30(2,3)31)14-27(15-24)36-18-25(16-32)34-19-36/h4-8,11-15,17-19H,1-3H3,(H,35,38). The molecule has 38 heavy (non-hydrogen) atoms. The molecule has 0 radical (unpaired) electrons. The van der Waals surface area contributed by atoms with E-state index in [9.17, 15) is 9.18 Å². The topological polar surface area (TPSA) is 88.0 Å². The van der Waals surface area contributed by atoms with Crippen LogP contribution in [0.1, 0.15) is 52.3 Å². The van der Waals surface area contributed by atoms with Gasteiger partial charge in [-0.1, -0.05) is 18.1 Å². The van der Waals surface area contributed by atoms with Crippen LogP contribution in [-0.2, 0) is 5.67 Å². The van der Waals surface area contributed by atoms with E-state index in [4.69, 9.17) is 5.26 Å². The molecular weight excluding hydrogens is 479 g/mol. The van der Waals surface area contributed by atoms with Crippen molar-refractivity contribution in [3.63, 3.8) is 0 Å². The summed E-state index contributed by atoms with van der Waals surface area (Å²) in [5.74, 6) is 5.94. The van der Waals surface area contributed by atoms with Crippen molar-refractivity contribution in [2.75, 3.05) is 5.32 Å². The second-order valence-electron chi connectivity index (χ2n) is 9.33. The average molecular weight is 503 g/mol. The smallest absolute Gasteiger partial charge is 0.255 e. The van der Waals surface area contributed by atoms with Gasteiger partial charge in [-0.3, -0.25) is 9.20 Å². The van der Waals surface area contributed by atoms with Gasteiger partial charge in [-0.15, -0.1) is 0 Å². The summed E-state index contributed by atoms with van der Waals surface area (Å²) < 4.78 is 18.4. The molecule has 0 bridgehead atoms. The quantitative estimate of drug-likeness (QED) is 0.326. The number of hydrogen-bond donors (Lipinski definition) is 1. The first kappa shape index (κ1) is 24.5. The number of rotatable bonds is 4. The van der Waals surface area contributed by atoms with E-state index < -0.39 is 5.67 Å². The monoisotopic (exact) mass is 502 g/mol. The highest BCUT2D eigenvalue weighted by molar-refractivity contribution is 6.04. The number of aromatic nitrogens is 4. The minimum absolute atomic E-state index is 0.234. The Kier molecular flexibility index (Phi) is 6.24. The number of anilines is 1. The third-order valence-corrected chi connectivity index (χ3v) is 6.10. The number of amides is 1. The molecule has 3 aromatic heterocycles. The van der Waals surface area contributed by atoms with Gasteiger partial charge in [0.05, 0.1) is 6.20 Å². The fourth-order valence-corrected chi connectivity index (χ4v) is 3.95. The number of hydrogen-bond acceptors (Lipinski definition) is 4. The van der Waals surface area contributed by atoms with Crippen LogP contribution in [0.2, 0.25) is 0 Å². The number of imidazole rings is 2. The van der Waals surface area contributed by atoms with Crippen LogP contribution in [0.5, 0.6) is 0 Å². The van der Waals surface area contributed by atoms with Crippen molar-refractivity contribution in [1.82, 2.24) is 18.9 Å². The summed E-state index contributed by atoms with van der Waals surface area (Å²) in [6.45, 7) is 4.82. The Bertz CT molecular complexity index is 1790. The molecule has 1 N–H and O–H groups in total. The predicted molar refractivity (Wildman–Crippen MR) is 143 cm³/mol. The normalized spacial score (nSPS) is 11.0. The predicted octanol–water partition coefficient (Wildman–Crippen LogP) is 5.56. The molecular formula is C30H23FN6O. The summed E-state index contributed by atoms with van der Waals surface area (Å²) >= 11 is 0. The second-order valence-corrected chi connectivity index (χ2v) is 9.33. The first-order chi connectivity index (χ1) is 18.2. The molecule has 0 atom stereocenters. The second kappa shape index (κ2) is 9.68. The Labute approximate surface area is 219 Å². The molecule has 0 aliphatic rings. The molecule has 0 spiro atoms.